The number of aliphatic hydroxyl groups excluding tert-OH is 7. The van der Waals surface area contributed by atoms with Crippen molar-refractivity contribution in [2.24, 2.45) is 0 Å². The Hall–Kier alpha value is -2.54. The highest BCUT2D eigenvalue weighted by atomic mass is 16.7. The first-order chi connectivity index (χ1) is 25.0. The lowest BCUT2D eigenvalue weighted by Gasteiger charge is -2.42. The second-order valence-corrected chi connectivity index (χ2v) is 12.7. The van der Waals surface area contributed by atoms with Crippen molar-refractivity contribution >= 4 is 11.9 Å². The molecule has 11 unspecified atom stereocenters. The van der Waals surface area contributed by atoms with Crippen LogP contribution in [0.1, 0.15) is 78.1 Å². The zero-order chi connectivity index (χ0) is 38.3. The second kappa shape index (κ2) is 26.3. The molecule has 0 aromatic rings. The number of aliphatic hydroxyl groups is 7. The topological polar surface area (TPSA) is 231 Å². The van der Waals surface area contributed by atoms with Gasteiger partial charge in [-0.1, -0.05) is 62.5 Å². The largest absolute Gasteiger partial charge is 0.462 e. The number of hydrogen-bond acceptors (Lipinski definition) is 15. The molecule has 0 aromatic carbocycles. The molecular weight excluding hydrogens is 684 g/mol. The Labute approximate surface area is 306 Å². The molecule has 0 bridgehead atoms. The fraction of sp³-hybridized carbons (Fsp3) is 0.730. The molecule has 0 saturated carbocycles. The lowest BCUT2D eigenvalue weighted by atomic mass is 9.98. The van der Waals surface area contributed by atoms with Crippen molar-refractivity contribution in [2.45, 2.75) is 146 Å². The van der Waals surface area contributed by atoms with E-state index in [1.54, 1.807) is 6.92 Å². The number of hydrogen-bond donors (Lipinski definition) is 7. The van der Waals surface area contributed by atoms with E-state index in [1.165, 1.54) is 0 Å². The van der Waals surface area contributed by atoms with E-state index < -0.39 is 99.3 Å². The smallest absolute Gasteiger partial charge is 0.306 e. The van der Waals surface area contributed by atoms with Crippen LogP contribution < -0.4 is 0 Å². The van der Waals surface area contributed by atoms with Crippen LogP contribution in [-0.2, 0) is 38.0 Å². The Morgan fingerprint density at radius 3 is 1.79 bits per heavy atom. The van der Waals surface area contributed by atoms with Crippen molar-refractivity contribution in [2.75, 3.05) is 26.4 Å². The Morgan fingerprint density at radius 2 is 1.19 bits per heavy atom. The molecule has 7 N–H and O–H groups in total. The molecule has 2 aliphatic heterocycles. The highest BCUT2D eigenvalue weighted by molar-refractivity contribution is 5.70. The van der Waals surface area contributed by atoms with Gasteiger partial charge in [0.25, 0.3) is 0 Å². The summed E-state index contributed by atoms with van der Waals surface area (Å²) in [6.45, 7) is 1.96. The molecule has 11 atom stereocenters. The monoisotopic (exact) mass is 744 g/mol. The standard InChI is InChI=1S/C37H60O15/c1-3-5-6-7-8-9-10-11-12-13-14-15-16-17-18-20-29(40)50-25(22-47-28(39)19-4-2)23-48-36-35(46)33(44)31(42)27(52-36)24-49-37-34(45)32(43)30(41)26(21-38)51-37/h5-6,8-9,11-12,14-15,25-27,30-38,41-46H,3-4,7,10,13,16-24H2,1-2H3/b6-5-,9-8-,12-11-,15-14-. The fourth-order valence-electron chi connectivity index (χ4n) is 5.24. The quantitative estimate of drug-likeness (QED) is 0.0419. The molecule has 2 saturated heterocycles. The maximum atomic E-state index is 12.7. The van der Waals surface area contributed by atoms with Gasteiger partial charge in [-0.15, -0.1) is 0 Å². The van der Waals surface area contributed by atoms with Crippen LogP contribution in [0.2, 0.25) is 0 Å². The number of allylic oxidation sites excluding steroid dienone is 8. The van der Waals surface area contributed by atoms with Crippen LogP contribution >= 0.6 is 0 Å². The molecule has 0 aliphatic carbocycles. The Bertz CT molecular complexity index is 1110. The number of ether oxygens (including phenoxy) is 6. The Morgan fingerprint density at radius 1 is 0.635 bits per heavy atom. The summed E-state index contributed by atoms with van der Waals surface area (Å²) in [5.74, 6) is -1.05. The average Bonchev–Trinajstić information content (AvgIpc) is 3.13. The van der Waals surface area contributed by atoms with E-state index in [-0.39, 0.29) is 19.4 Å². The maximum Gasteiger partial charge on any atom is 0.306 e. The van der Waals surface area contributed by atoms with Gasteiger partial charge in [0.2, 0.25) is 0 Å². The van der Waals surface area contributed by atoms with Crippen LogP contribution in [0, 0.1) is 0 Å². The van der Waals surface area contributed by atoms with Crippen molar-refractivity contribution in [3.05, 3.63) is 48.6 Å². The van der Waals surface area contributed by atoms with Gasteiger partial charge in [0, 0.05) is 12.8 Å². The van der Waals surface area contributed by atoms with Crippen LogP contribution in [0.4, 0.5) is 0 Å². The van der Waals surface area contributed by atoms with Crippen molar-refractivity contribution in [1.82, 2.24) is 0 Å². The maximum absolute atomic E-state index is 12.7. The van der Waals surface area contributed by atoms with Crippen molar-refractivity contribution in [3.63, 3.8) is 0 Å². The Balaban J connectivity index is 1.84. The summed E-state index contributed by atoms with van der Waals surface area (Å²) in [6.07, 6.45) is 6.61. The third kappa shape index (κ3) is 16.6. The van der Waals surface area contributed by atoms with E-state index in [2.05, 4.69) is 55.5 Å². The predicted molar refractivity (Wildman–Crippen MR) is 187 cm³/mol. The zero-order valence-corrected chi connectivity index (χ0v) is 30.3. The summed E-state index contributed by atoms with van der Waals surface area (Å²) in [7, 11) is 0. The van der Waals surface area contributed by atoms with Crippen LogP contribution in [0.25, 0.3) is 0 Å². The SMILES string of the molecule is CC/C=C\C/C=C\C/C=C\C/C=C\CCCCC(=O)OC(COC(=O)CCC)COC1OC(COC2OC(CO)C(O)C(O)C2O)C(O)C(O)C1O. The summed E-state index contributed by atoms with van der Waals surface area (Å²) in [5, 5.41) is 71.1. The van der Waals surface area contributed by atoms with E-state index in [4.69, 9.17) is 28.4 Å². The van der Waals surface area contributed by atoms with Crippen molar-refractivity contribution < 1.29 is 73.8 Å². The first kappa shape index (κ1) is 45.6. The minimum absolute atomic E-state index is 0.109. The molecule has 2 fully saturated rings. The molecule has 2 rings (SSSR count). The number of esters is 2. The summed E-state index contributed by atoms with van der Waals surface area (Å²) in [4.78, 5) is 24.7. The molecule has 0 aromatic heterocycles. The molecule has 0 radical (unpaired) electrons. The van der Waals surface area contributed by atoms with Gasteiger partial charge < -0.3 is 64.2 Å². The highest BCUT2D eigenvalue weighted by Crippen LogP contribution is 2.26. The van der Waals surface area contributed by atoms with Crippen LogP contribution in [-0.4, -0.2) is 142 Å². The van der Waals surface area contributed by atoms with E-state index in [0.29, 0.717) is 12.8 Å². The lowest BCUT2D eigenvalue weighted by Crippen LogP contribution is -2.61. The van der Waals surface area contributed by atoms with Crippen LogP contribution in [0.15, 0.2) is 48.6 Å². The molecule has 2 aliphatic rings. The van der Waals surface area contributed by atoms with Gasteiger partial charge in [-0.25, -0.2) is 0 Å². The third-order valence-electron chi connectivity index (χ3n) is 8.29. The van der Waals surface area contributed by atoms with Gasteiger partial charge in [-0.2, -0.15) is 0 Å². The normalized spacial score (nSPS) is 30.5. The lowest BCUT2D eigenvalue weighted by molar-refractivity contribution is -0.332. The number of carbonyl (C=O) groups is 2. The minimum Gasteiger partial charge on any atom is -0.462 e. The van der Waals surface area contributed by atoms with E-state index in [0.717, 1.165) is 38.5 Å². The zero-order valence-electron chi connectivity index (χ0n) is 30.3. The predicted octanol–water partition coefficient (Wildman–Crippen LogP) is 1.25. The summed E-state index contributed by atoms with van der Waals surface area (Å²) < 4.78 is 32.7. The molecule has 0 amide bonds. The second-order valence-electron chi connectivity index (χ2n) is 12.7. The molecule has 52 heavy (non-hydrogen) atoms. The molecule has 15 nitrogen and oxygen atoms in total. The average molecular weight is 745 g/mol. The Kier molecular flexibility index (Phi) is 23.0. The number of carbonyl (C=O) groups excluding carboxylic acids is 2. The fourth-order valence-corrected chi connectivity index (χ4v) is 5.24. The van der Waals surface area contributed by atoms with Gasteiger partial charge >= 0.3 is 11.9 Å². The molecule has 2 heterocycles. The van der Waals surface area contributed by atoms with Gasteiger partial charge in [0.1, 0.15) is 55.4 Å². The van der Waals surface area contributed by atoms with Crippen molar-refractivity contribution in [1.29, 1.82) is 0 Å². The minimum atomic E-state index is -1.77. The summed E-state index contributed by atoms with van der Waals surface area (Å²) >= 11 is 0. The highest BCUT2D eigenvalue weighted by Gasteiger charge is 2.47. The van der Waals surface area contributed by atoms with Gasteiger partial charge in [-0.05, 0) is 51.4 Å². The molecular formula is C37H60O15. The van der Waals surface area contributed by atoms with Crippen LogP contribution in [0.5, 0.6) is 0 Å². The van der Waals surface area contributed by atoms with Gasteiger partial charge in [0.15, 0.2) is 18.7 Å². The molecule has 0 spiro atoms. The number of rotatable bonds is 24. The van der Waals surface area contributed by atoms with E-state index >= 15 is 0 Å². The number of unbranched alkanes of at least 4 members (excludes halogenated alkanes) is 2. The van der Waals surface area contributed by atoms with Gasteiger partial charge in [-0.3, -0.25) is 9.59 Å². The summed E-state index contributed by atoms with van der Waals surface area (Å²) in [5.41, 5.74) is 0. The molecule has 15 heteroatoms. The molecule has 298 valence electrons. The third-order valence-corrected chi connectivity index (χ3v) is 8.29. The van der Waals surface area contributed by atoms with Gasteiger partial charge in [0.05, 0.1) is 19.8 Å². The van der Waals surface area contributed by atoms with E-state index in [1.807, 2.05) is 0 Å². The van der Waals surface area contributed by atoms with E-state index in [9.17, 15) is 45.3 Å². The van der Waals surface area contributed by atoms with Crippen molar-refractivity contribution in [3.8, 4) is 0 Å². The summed E-state index contributed by atoms with van der Waals surface area (Å²) in [6, 6.07) is 0. The first-order valence-electron chi connectivity index (χ1n) is 18.2. The van der Waals surface area contributed by atoms with Crippen LogP contribution in [0.3, 0.4) is 0 Å². The first-order valence-corrected chi connectivity index (χ1v) is 18.2.